The van der Waals surface area contributed by atoms with E-state index >= 15 is 0 Å². The van der Waals surface area contributed by atoms with E-state index in [0.29, 0.717) is 10.8 Å². The first kappa shape index (κ1) is 11.0. The first-order chi connectivity index (χ1) is 5.00. The van der Waals surface area contributed by atoms with Crippen molar-refractivity contribution in [1.82, 2.24) is 0 Å². The van der Waals surface area contributed by atoms with Crippen LogP contribution < -0.4 is 0 Å². The third kappa shape index (κ3) is 3.26. The van der Waals surface area contributed by atoms with Crippen LogP contribution in [-0.4, -0.2) is 32.7 Å². The van der Waals surface area contributed by atoms with Crippen molar-refractivity contribution in [2.24, 2.45) is 0 Å². The average molecular weight is 214 g/mol. The van der Waals surface area contributed by atoms with Gasteiger partial charge in [0.2, 0.25) is 0 Å². The molecule has 2 N–H and O–H groups in total. The first-order valence-electron chi connectivity index (χ1n) is 2.44. The molecule has 0 unspecified atom stereocenters. The van der Waals surface area contributed by atoms with Gasteiger partial charge in [-0.05, 0) is 0 Å². The normalized spacial score (nSPS) is 15.5. The van der Waals surface area contributed by atoms with Crippen LogP contribution in [0.3, 0.4) is 0 Å². The van der Waals surface area contributed by atoms with Crippen molar-refractivity contribution in [3.8, 4) is 0 Å². The zero-order valence-corrected chi connectivity index (χ0v) is 7.77. The summed E-state index contributed by atoms with van der Waals surface area (Å²) < 4.78 is 0. The van der Waals surface area contributed by atoms with Gasteiger partial charge in [0.1, 0.15) is 10.5 Å². The molecule has 0 saturated heterocycles. The molecule has 0 aromatic carbocycles. The summed E-state index contributed by atoms with van der Waals surface area (Å²) in [6.45, 7) is 0. The fourth-order valence-corrected chi connectivity index (χ4v) is 1.92. The van der Waals surface area contributed by atoms with Crippen molar-refractivity contribution in [3.05, 3.63) is 0 Å². The van der Waals surface area contributed by atoms with Crippen LogP contribution in [0.4, 0.5) is 0 Å². The summed E-state index contributed by atoms with van der Waals surface area (Å²) >= 11 is 7.20. The molecule has 2 atom stereocenters. The molecule has 0 aromatic rings. The largest absolute Gasteiger partial charge is 0.480 e. The van der Waals surface area contributed by atoms with Crippen molar-refractivity contribution in [3.63, 3.8) is 0 Å². The molecule has 0 saturated carbocycles. The Morgan fingerprint density at radius 1 is 1.27 bits per heavy atom. The number of aliphatic carboxylic acids is 2. The van der Waals surface area contributed by atoms with Crippen LogP contribution in [0.25, 0.3) is 0 Å². The summed E-state index contributed by atoms with van der Waals surface area (Å²) in [6, 6.07) is 0. The second kappa shape index (κ2) is 4.78. The topological polar surface area (TPSA) is 74.6 Å². The van der Waals surface area contributed by atoms with Crippen molar-refractivity contribution < 1.29 is 19.8 Å². The Bertz CT molecular complexity index is 171. The van der Waals surface area contributed by atoms with Gasteiger partial charge in [-0.2, -0.15) is 12.6 Å². The van der Waals surface area contributed by atoms with Crippen molar-refractivity contribution in [1.29, 1.82) is 0 Å². The second-order valence-electron chi connectivity index (χ2n) is 1.65. The summed E-state index contributed by atoms with van der Waals surface area (Å²) in [5, 5.41) is 14.4. The molecule has 0 bridgehead atoms. The van der Waals surface area contributed by atoms with Gasteiger partial charge in [-0.25, -0.2) is 0 Å². The molecule has 0 aliphatic heterocycles. The minimum atomic E-state index is -1.26. The molecule has 0 heterocycles. The minimum absolute atomic E-state index is 0.652. The van der Waals surface area contributed by atoms with E-state index in [-0.39, 0.29) is 0 Å². The van der Waals surface area contributed by atoms with Crippen LogP contribution in [0.2, 0.25) is 0 Å². The molecular weight excluding hydrogens is 208 g/mol. The first-order valence-corrected chi connectivity index (χ1v) is 4.89. The van der Waals surface area contributed by atoms with E-state index in [1.54, 1.807) is 0 Å². The number of hydrogen-bond donors (Lipinski definition) is 4. The molecule has 0 aliphatic carbocycles. The third-order valence-corrected chi connectivity index (χ3v) is 3.00. The van der Waals surface area contributed by atoms with Gasteiger partial charge >= 0.3 is 11.9 Å². The summed E-state index contributed by atoms with van der Waals surface area (Å²) in [6.07, 6.45) is 0. The monoisotopic (exact) mass is 214 g/mol. The Hall–Kier alpha value is -0.0100. The third-order valence-electron chi connectivity index (χ3n) is 0.897. The molecule has 0 amide bonds. The number of carboxylic acids is 2. The molecule has 0 radical (unpaired) electrons. The highest BCUT2D eigenvalue weighted by atomic mass is 33.1. The summed E-state index contributed by atoms with van der Waals surface area (Å²) in [5.41, 5.74) is 0. The molecule has 11 heavy (non-hydrogen) atoms. The molecule has 0 aromatic heterocycles. The van der Waals surface area contributed by atoms with Crippen LogP contribution in [0.1, 0.15) is 0 Å². The van der Waals surface area contributed by atoms with E-state index in [4.69, 9.17) is 10.2 Å². The van der Waals surface area contributed by atoms with Crippen molar-refractivity contribution >= 4 is 47.0 Å². The Kier molecular flexibility index (Phi) is 4.78. The maximum absolute atomic E-state index is 10.3. The predicted molar refractivity (Wildman–Crippen MR) is 48.4 cm³/mol. The number of hydrogen-bond acceptors (Lipinski definition) is 5. The minimum Gasteiger partial charge on any atom is -0.480 e. The molecule has 4 nitrogen and oxygen atoms in total. The number of thiol groups is 2. The van der Waals surface area contributed by atoms with Crippen LogP contribution >= 0.6 is 35.1 Å². The van der Waals surface area contributed by atoms with E-state index in [1.807, 2.05) is 0 Å². The Morgan fingerprint density at radius 3 is 1.82 bits per heavy atom. The molecule has 0 fully saturated rings. The van der Waals surface area contributed by atoms with Crippen LogP contribution in [0.5, 0.6) is 0 Å². The summed E-state index contributed by atoms with van der Waals surface area (Å²) in [4.78, 5) is 20.5. The Morgan fingerprint density at radius 2 is 1.73 bits per heavy atom. The van der Waals surface area contributed by atoms with E-state index in [2.05, 4.69) is 24.3 Å². The lowest BCUT2D eigenvalue weighted by atomic mass is 10.3. The lowest BCUT2D eigenvalue weighted by Gasteiger charge is -2.11. The number of rotatable bonds is 4. The SMILES string of the molecule is O=C(O)[C@@H](S)[C@@H](SS)C(=O)O. The second-order valence-corrected chi connectivity index (χ2v) is 3.55. The standard InChI is InChI=1S/C4H6O4S3/c5-3(6)1(9)2(11-10)4(7)8/h1-2,9-10H,(H,5,6)(H,7,8)/t1-,2+/m0/s1. The van der Waals surface area contributed by atoms with Gasteiger partial charge in [0.25, 0.3) is 0 Å². The van der Waals surface area contributed by atoms with Crippen molar-refractivity contribution in [2.75, 3.05) is 0 Å². The highest BCUT2D eigenvalue weighted by molar-refractivity contribution is 8.69. The Labute approximate surface area is 77.6 Å². The van der Waals surface area contributed by atoms with E-state index in [0.717, 1.165) is 0 Å². The van der Waals surface area contributed by atoms with Crippen LogP contribution in [0.15, 0.2) is 0 Å². The van der Waals surface area contributed by atoms with E-state index in [9.17, 15) is 9.59 Å². The highest BCUT2D eigenvalue weighted by Gasteiger charge is 2.30. The average Bonchev–Trinajstić information content (AvgIpc) is 1.88. The lowest BCUT2D eigenvalue weighted by Crippen LogP contribution is -2.32. The zero-order chi connectivity index (χ0) is 9.02. The van der Waals surface area contributed by atoms with Gasteiger partial charge in [0.05, 0.1) is 0 Å². The molecular formula is C4H6O4S3. The lowest BCUT2D eigenvalue weighted by molar-refractivity contribution is -0.142. The highest BCUT2D eigenvalue weighted by Crippen LogP contribution is 2.22. The molecule has 0 rings (SSSR count). The predicted octanol–water partition coefficient (Wildman–Crippen LogP) is 0.401. The Balaban J connectivity index is 4.25. The van der Waals surface area contributed by atoms with Crippen LogP contribution in [-0.2, 0) is 9.59 Å². The number of carbonyl (C=O) groups is 2. The van der Waals surface area contributed by atoms with Gasteiger partial charge in [-0.15, -0.1) is 11.7 Å². The van der Waals surface area contributed by atoms with Gasteiger partial charge < -0.3 is 10.2 Å². The quantitative estimate of drug-likeness (QED) is 0.403. The van der Waals surface area contributed by atoms with E-state index < -0.39 is 22.4 Å². The van der Waals surface area contributed by atoms with Gasteiger partial charge in [0, 0.05) is 0 Å². The van der Waals surface area contributed by atoms with Gasteiger partial charge in [-0.3, -0.25) is 9.59 Å². The zero-order valence-electron chi connectivity index (χ0n) is 5.17. The maximum Gasteiger partial charge on any atom is 0.319 e. The number of carboxylic acid groups (broad SMARTS) is 2. The van der Waals surface area contributed by atoms with Crippen molar-refractivity contribution in [2.45, 2.75) is 10.5 Å². The summed E-state index contributed by atoms with van der Waals surface area (Å²) in [5.74, 6) is -2.49. The molecule has 0 aliphatic rings. The molecule has 7 heteroatoms. The van der Waals surface area contributed by atoms with Crippen LogP contribution in [0, 0.1) is 0 Å². The van der Waals surface area contributed by atoms with E-state index in [1.165, 1.54) is 0 Å². The molecule has 64 valence electrons. The fraction of sp³-hybridized carbons (Fsp3) is 0.500. The van der Waals surface area contributed by atoms with Gasteiger partial charge in [0.15, 0.2) is 0 Å². The maximum atomic E-state index is 10.3. The fourth-order valence-electron chi connectivity index (χ4n) is 0.367. The summed E-state index contributed by atoms with van der Waals surface area (Å²) in [7, 11) is 0.652. The molecule has 0 spiro atoms. The van der Waals surface area contributed by atoms with Gasteiger partial charge in [-0.1, -0.05) is 10.8 Å². The smallest absolute Gasteiger partial charge is 0.319 e.